The third kappa shape index (κ3) is 3.57. The predicted octanol–water partition coefficient (Wildman–Crippen LogP) is 3.42. The molecule has 2 aliphatic rings. The highest BCUT2D eigenvalue weighted by molar-refractivity contribution is 7.10. The molecule has 1 fully saturated rings. The van der Waals surface area contributed by atoms with E-state index in [0.717, 1.165) is 64.4 Å². The molecule has 1 N–H and O–H groups in total. The van der Waals surface area contributed by atoms with Gasteiger partial charge in [-0.25, -0.2) is 9.97 Å². The van der Waals surface area contributed by atoms with Crippen LogP contribution in [0.5, 0.6) is 0 Å². The van der Waals surface area contributed by atoms with Crippen molar-refractivity contribution in [2.24, 2.45) is 0 Å². The number of likely N-dealkylation sites (tertiary alicyclic amines) is 1. The van der Waals surface area contributed by atoms with E-state index >= 15 is 0 Å². The molecule has 0 atom stereocenters. The summed E-state index contributed by atoms with van der Waals surface area (Å²) in [5, 5.41) is 5.44. The van der Waals surface area contributed by atoms with Gasteiger partial charge >= 0.3 is 0 Å². The average molecular weight is 359 g/mol. The molecule has 134 valence electrons. The van der Waals surface area contributed by atoms with Crippen molar-refractivity contribution in [1.29, 1.82) is 0 Å². The number of anilines is 1. The molecule has 2 aliphatic heterocycles. The van der Waals surface area contributed by atoms with Crippen LogP contribution >= 0.6 is 11.3 Å². The largest absolute Gasteiger partial charge is 0.369 e. The first-order valence-corrected chi connectivity index (χ1v) is 10.1. The van der Waals surface area contributed by atoms with Crippen molar-refractivity contribution in [2.45, 2.75) is 44.8 Å². The monoisotopic (exact) mass is 358 g/mol. The number of fused-ring (bicyclic) bond motifs is 2. The zero-order valence-corrected chi connectivity index (χ0v) is 15.6. The number of hydrogen-bond donors (Lipinski definition) is 1. The van der Waals surface area contributed by atoms with E-state index in [1.807, 2.05) is 23.7 Å². The van der Waals surface area contributed by atoms with Gasteiger partial charge in [-0.05, 0) is 42.7 Å². The van der Waals surface area contributed by atoms with E-state index in [4.69, 9.17) is 4.74 Å². The zero-order valence-electron chi connectivity index (χ0n) is 14.8. The first kappa shape index (κ1) is 16.9. The van der Waals surface area contributed by atoms with Crippen LogP contribution in [0.2, 0.25) is 0 Å². The van der Waals surface area contributed by atoms with Crippen molar-refractivity contribution in [3.05, 3.63) is 39.8 Å². The molecular formula is C19H26N4OS. The van der Waals surface area contributed by atoms with Gasteiger partial charge in [0.15, 0.2) is 0 Å². The number of ether oxygens (including phenoxy) is 1. The van der Waals surface area contributed by atoms with Gasteiger partial charge in [-0.1, -0.05) is 6.92 Å². The lowest BCUT2D eigenvalue weighted by Gasteiger charge is -2.43. The summed E-state index contributed by atoms with van der Waals surface area (Å²) >= 11 is 1.87. The highest BCUT2D eigenvalue weighted by Crippen LogP contribution is 2.44. The molecule has 25 heavy (non-hydrogen) atoms. The molecule has 0 aliphatic carbocycles. The molecule has 2 aromatic rings. The van der Waals surface area contributed by atoms with Gasteiger partial charge in [0, 0.05) is 49.0 Å². The first-order chi connectivity index (χ1) is 12.3. The average Bonchev–Trinajstić information content (AvgIpc) is 3.14. The Kier molecular flexibility index (Phi) is 5.01. The van der Waals surface area contributed by atoms with Crippen molar-refractivity contribution >= 4 is 17.3 Å². The van der Waals surface area contributed by atoms with Crippen LogP contribution in [0.15, 0.2) is 23.8 Å². The van der Waals surface area contributed by atoms with E-state index in [1.54, 1.807) is 0 Å². The van der Waals surface area contributed by atoms with Crippen LogP contribution < -0.4 is 5.32 Å². The number of aromatic nitrogens is 2. The molecule has 0 aromatic carbocycles. The standard InChI is InChI=1S/C19H26N4OS/c1-2-7-20-18-21-12-15(13-22-18)14-23-8-5-19(6-9-23)17-16(3-10-24-19)4-11-25-17/h4,11-13H,2-3,5-10,14H2,1H3,(H,20,21,22). The Morgan fingerprint density at radius 1 is 1.28 bits per heavy atom. The lowest BCUT2D eigenvalue weighted by Crippen LogP contribution is -2.45. The normalized spacial score (nSPS) is 19.7. The SMILES string of the molecule is CCCNc1ncc(CN2CCC3(CC2)OCCc2ccsc23)cn1. The van der Waals surface area contributed by atoms with E-state index < -0.39 is 0 Å². The van der Waals surface area contributed by atoms with Crippen LogP contribution in [0.3, 0.4) is 0 Å². The second kappa shape index (κ2) is 7.40. The van der Waals surface area contributed by atoms with Gasteiger partial charge < -0.3 is 10.1 Å². The van der Waals surface area contributed by atoms with Crippen LogP contribution in [0.25, 0.3) is 0 Å². The molecule has 1 spiro atoms. The third-order valence-corrected chi connectivity index (χ3v) is 6.36. The molecular weight excluding hydrogens is 332 g/mol. The van der Waals surface area contributed by atoms with E-state index in [-0.39, 0.29) is 5.60 Å². The van der Waals surface area contributed by atoms with E-state index in [2.05, 4.69) is 38.6 Å². The fourth-order valence-corrected chi connectivity index (χ4v) is 4.99. The molecule has 0 saturated carbocycles. The van der Waals surface area contributed by atoms with Crippen molar-refractivity contribution < 1.29 is 4.74 Å². The number of nitrogens with one attached hydrogen (secondary N) is 1. The van der Waals surface area contributed by atoms with Gasteiger partial charge in [0.2, 0.25) is 5.95 Å². The van der Waals surface area contributed by atoms with Gasteiger partial charge in [0.05, 0.1) is 6.61 Å². The summed E-state index contributed by atoms with van der Waals surface area (Å²) in [5.41, 5.74) is 2.66. The molecule has 4 heterocycles. The third-order valence-electron chi connectivity index (χ3n) is 5.22. The fraction of sp³-hybridized carbons (Fsp3) is 0.579. The number of piperidine rings is 1. The van der Waals surface area contributed by atoms with Crippen molar-refractivity contribution in [1.82, 2.24) is 14.9 Å². The maximum atomic E-state index is 6.29. The molecule has 2 aromatic heterocycles. The topological polar surface area (TPSA) is 50.3 Å². The van der Waals surface area contributed by atoms with Gasteiger partial charge in [0.25, 0.3) is 0 Å². The summed E-state index contributed by atoms with van der Waals surface area (Å²) < 4.78 is 6.29. The summed E-state index contributed by atoms with van der Waals surface area (Å²) in [6.07, 6.45) is 8.21. The molecule has 5 nitrogen and oxygen atoms in total. The smallest absolute Gasteiger partial charge is 0.222 e. The number of rotatable bonds is 5. The highest BCUT2D eigenvalue weighted by atomic mass is 32.1. The quantitative estimate of drug-likeness (QED) is 0.887. The highest BCUT2D eigenvalue weighted by Gasteiger charge is 2.41. The number of hydrogen-bond acceptors (Lipinski definition) is 6. The summed E-state index contributed by atoms with van der Waals surface area (Å²) in [6.45, 7) is 6.96. The molecule has 6 heteroatoms. The number of nitrogens with zero attached hydrogens (tertiary/aromatic N) is 3. The minimum atomic E-state index is -0.0251. The van der Waals surface area contributed by atoms with Gasteiger partial charge in [-0.3, -0.25) is 4.90 Å². The van der Waals surface area contributed by atoms with Gasteiger partial charge in [0.1, 0.15) is 5.60 Å². The van der Waals surface area contributed by atoms with Crippen LogP contribution in [-0.2, 0) is 23.3 Å². The molecule has 0 unspecified atom stereocenters. The fourth-order valence-electron chi connectivity index (χ4n) is 3.82. The lowest BCUT2D eigenvalue weighted by atomic mass is 9.85. The van der Waals surface area contributed by atoms with Crippen LogP contribution in [0.1, 0.15) is 42.2 Å². The maximum absolute atomic E-state index is 6.29. The molecule has 0 amide bonds. The van der Waals surface area contributed by atoms with Crippen molar-refractivity contribution in [3.63, 3.8) is 0 Å². The molecule has 1 saturated heterocycles. The van der Waals surface area contributed by atoms with Crippen molar-refractivity contribution in [2.75, 3.05) is 31.6 Å². The molecule has 4 rings (SSSR count). The summed E-state index contributed by atoms with van der Waals surface area (Å²) in [7, 11) is 0. The lowest BCUT2D eigenvalue weighted by molar-refractivity contribution is -0.0960. The van der Waals surface area contributed by atoms with Crippen LogP contribution in [0.4, 0.5) is 5.95 Å². The summed E-state index contributed by atoms with van der Waals surface area (Å²) in [4.78, 5) is 12.8. The Labute approximate surface area is 153 Å². The van der Waals surface area contributed by atoms with Crippen LogP contribution in [-0.4, -0.2) is 41.1 Å². The Hall–Kier alpha value is -1.50. The van der Waals surface area contributed by atoms with Crippen molar-refractivity contribution in [3.8, 4) is 0 Å². The minimum absolute atomic E-state index is 0.0251. The minimum Gasteiger partial charge on any atom is -0.369 e. The van der Waals surface area contributed by atoms with Gasteiger partial charge in [-0.2, -0.15) is 0 Å². The van der Waals surface area contributed by atoms with Gasteiger partial charge in [-0.15, -0.1) is 11.3 Å². The summed E-state index contributed by atoms with van der Waals surface area (Å²) in [6, 6.07) is 2.28. The van der Waals surface area contributed by atoms with E-state index in [0.29, 0.717) is 0 Å². The van der Waals surface area contributed by atoms with E-state index in [1.165, 1.54) is 16.0 Å². The Balaban J connectivity index is 1.35. The second-order valence-corrected chi connectivity index (χ2v) is 7.90. The summed E-state index contributed by atoms with van der Waals surface area (Å²) in [5.74, 6) is 0.726. The Bertz CT molecular complexity index is 692. The molecule has 0 bridgehead atoms. The predicted molar refractivity (Wildman–Crippen MR) is 101 cm³/mol. The molecule has 0 radical (unpaired) electrons. The van der Waals surface area contributed by atoms with Crippen LogP contribution in [0, 0.1) is 0 Å². The zero-order chi connectivity index (χ0) is 17.1. The Morgan fingerprint density at radius 3 is 2.84 bits per heavy atom. The number of thiophene rings is 1. The maximum Gasteiger partial charge on any atom is 0.222 e. The van der Waals surface area contributed by atoms with E-state index in [9.17, 15) is 0 Å². The Morgan fingerprint density at radius 2 is 2.08 bits per heavy atom. The first-order valence-electron chi connectivity index (χ1n) is 9.27. The second-order valence-electron chi connectivity index (χ2n) is 6.99.